The number of carboxylic acid groups (broad SMARTS) is 1. The van der Waals surface area contributed by atoms with Gasteiger partial charge in [0, 0.05) is 18.5 Å². The number of hydrogen-bond donors (Lipinski definition) is 2. The van der Waals surface area contributed by atoms with E-state index in [4.69, 9.17) is 5.11 Å². The number of likely N-dealkylation sites (tertiary alicyclic amines) is 1. The maximum Gasteiger partial charge on any atom is 0.305 e. The van der Waals surface area contributed by atoms with Crippen LogP contribution in [0, 0.1) is 5.92 Å². The molecule has 2 amide bonds. The smallest absolute Gasteiger partial charge is 0.305 e. The minimum atomic E-state index is -0.922. The molecule has 2 fully saturated rings. The summed E-state index contributed by atoms with van der Waals surface area (Å²) < 4.78 is 0. The van der Waals surface area contributed by atoms with Crippen molar-refractivity contribution in [2.24, 2.45) is 5.92 Å². The van der Waals surface area contributed by atoms with E-state index in [0.29, 0.717) is 19.4 Å². The molecule has 6 heteroatoms. The maximum atomic E-state index is 12.3. The number of amides is 2. The standard InChI is InChI=1S/C14H22N2O4/c1-2-10(8-12(17)18)15-13(19)11-4-3-7-16(11)14(20)9-5-6-9/h9-11H,2-8H2,1H3,(H,15,19)(H,17,18). The highest BCUT2D eigenvalue weighted by Gasteiger charge is 2.41. The molecule has 0 radical (unpaired) electrons. The lowest BCUT2D eigenvalue weighted by molar-refractivity contribution is -0.141. The second kappa shape index (κ2) is 6.24. The Labute approximate surface area is 118 Å². The normalized spacial score (nSPS) is 23.4. The number of carbonyl (C=O) groups is 3. The molecule has 2 atom stereocenters. The average molecular weight is 282 g/mol. The molecule has 6 nitrogen and oxygen atoms in total. The summed E-state index contributed by atoms with van der Waals surface area (Å²) in [7, 11) is 0. The Morgan fingerprint density at radius 3 is 2.55 bits per heavy atom. The molecule has 2 N–H and O–H groups in total. The van der Waals surface area contributed by atoms with E-state index in [-0.39, 0.29) is 30.2 Å². The van der Waals surface area contributed by atoms with Crippen LogP contribution >= 0.6 is 0 Å². The molecule has 2 unspecified atom stereocenters. The van der Waals surface area contributed by atoms with Crippen LogP contribution in [0.25, 0.3) is 0 Å². The summed E-state index contributed by atoms with van der Waals surface area (Å²) in [6.45, 7) is 2.48. The summed E-state index contributed by atoms with van der Waals surface area (Å²) in [6.07, 6.45) is 3.87. The van der Waals surface area contributed by atoms with Gasteiger partial charge in [0.2, 0.25) is 11.8 Å². The van der Waals surface area contributed by atoms with Crippen molar-refractivity contribution >= 4 is 17.8 Å². The van der Waals surface area contributed by atoms with Crippen LogP contribution in [-0.2, 0) is 14.4 Å². The number of carboxylic acids is 1. The van der Waals surface area contributed by atoms with Gasteiger partial charge in [0.25, 0.3) is 0 Å². The summed E-state index contributed by atoms with van der Waals surface area (Å²) in [5, 5.41) is 11.6. The van der Waals surface area contributed by atoms with Crippen LogP contribution < -0.4 is 5.32 Å². The predicted molar refractivity (Wildman–Crippen MR) is 71.9 cm³/mol. The van der Waals surface area contributed by atoms with Gasteiger partial charge >= 0.3 is 5.97 Å². The fraction of sp³-hybridized carbons (Fsp3) is 0.786. The minimum absolute atomic E-state index is 0.0778. The van der Waals surface area contributed by atoms with E-state index in [1.54, 1.807) is 4.90 Å². The third kappa shape index (κ3) is 3.49. The molecule has 0 bridgehead atoms. The van der Waals surface area contributed by atoms with E-state index in [9.17, 15) is 14.4 Å². The number of nitrogens with one attached hydrogen (secondary N) is 1. The van der Waals surface area contributed by atoms with Crippen molar-refractivity contribution in [2.45, 2.75) is 57.5 Å². The van der Waals surface area contributed by atoms with E-state index in [1.165, 1.54) is 0 Å². The Bertz CT molecular complexity index is 406. The van der Waals surface area contributed by atoms with Crippen LogP contribution in [-0.4, -0.2) is 46.4 Å². The molecular formula is C14H22N2O4. The lowest BCUT2D eigenvalue weighted by atomic mass is 10.1. The van der Waals surface area contributed by atoms with Crippen molar-refractivity contribution in [3.8, 4) is 0 Å². The van der Waals surface area contributed by atoms with Crippen molar-refractivity contribution in [1.82, 2.24) is 10.2 Å². The third-order valence-electron chi connectivity index (χ3n) is 4.03. The fourth-order valence-electron chi connectivity index (χ4n) is 2.67. The van der Waals surface area contributed by atoms with E-state index >= 15 is 0 Å². The molecular weight excluding hydrogens is 260 g/mol. The van der Waals surface area contributed by atoms with E-state index in [0.717, 1.165) is 19.3 Å². The molecule has 0 aromatic heterocycles. The monoisotopic (exact) mass is 282 g/mol. The van der Waals surface area contributed by atoms with Gasteiger partial charge in [-0.15, -0.1) is 0 Å². The SMILES string of the molecule is CCC(CC(=O)O)NC(=O)C1CCCN1C(=O)C1CC1. The highest BCUT2D eigenvalue weighted by atomic mass is 16.4. The number of nitrogens with zero attached hydrogens (tertiary/aromatic N) is 1. The molecule has 0 spiro atoms. The van der Waals surface area contributed by atoms with Gasteiger partial charge in [-0.3, -0.25) is 14.4 Å². The van der Waals surface area contributed by atoms with Gasteiger partial charge in [-0.05, 0) is 32.1 Å². The molecule has 0 aromatic carbocycles. The first-order chi connectivity index (χ1) is 9.52. The lowest BCUT2D eigenvalue weighted by Gasteiger charge is -2.26. The molecule has 0 aromatic rings. The first-order valence-electron chi connectivity index (χ1n) is 7.35. The van der Waals surface area contributed by atoms with Crippen LogP contribution in [0.5, 0.6) is 0 Å². The summed E-state index contributed by atoms with van der Waals surface area (Å²) in [5.41, 5.74) is 0. The van der Waals surface area contributed by atoms with Gasteiger partial charge in [0.15, 0.2) is 0 Å². The molecule has 1 saturated carbocycles. The molecule has 1 aliphatic heterocycles. The number of hydrogen-bond acceptors (Lipinski definition) is 3. The lowest BCUT2D eigenvalue weighted by Crippen LogP contribution is -2.49. The molecule has 1 heterocycles. The molecule has 2 aliphatic rings. The van der Waals surface area contributed by atoms with Crippen LogP contribution in [0.1, 0.15) is 45.4 Å². The number of carbonyl (C=O) groups excluding carboxylic acids is 2. The van der Waals surface area contributed by atoms with Crippen molar-refractivity contribution in [2.75, 3.05) is 6.54 Å². The van der Waals surface area contributed by atoms with Gasteiger partial charge in [0.05, 0.1) is 6.42 Å². The van der Waals surface area contributed by atoms with Crippen molar-refractivity contribution < 1.29 is 19.5 Å². The molecule has 1 saturated heterocycles. The second-order valence-corrected chi connectivity index (χ2v) is 5.68. The summed E-state index contributed by atoms with van der Waals surface area (Å²) in [6, 6.07) is -0.774. The topological polar surface area (TPSA) is 86.7 Å². The maximum absolute atomic E-state index is 12.3. The fourth-order valence-corrected chi connectivity index (χ4v) is 2.67. The second-order valence-electron chi connectivity index (χ2n) is 5.68. The highest BCUT2D eigenvalue weighted by molar-refractivity contribution is 5.90. The Kier molecular flexibility index (Phi) is 4.62. The zero-order valence-electron chi connectivity index (χ0n) is 11.8. The van der Waals surface area contributed by atoms with Crippen molar-refractivity contribution in [1.29, 1.82) is 0 Å². The highest BCUT2D eigenvalue weighted by Crippen LogP contribution is 2.33. The van der Waals surface area contributed by atoms with Crippen LogP contribution in [0.2, 0.25) is 0 Å². The Morgan fingerprint density at radius 2 is 2.00 bits per heavy atom. The minimum Gasteiger partial charge on any atom is -0.481 e. The van der Waals surface area contributed by atoms with Gasteiger partial charge in [-0.2, -0.15) is 0 Å². The van der Waals surface area contributed by atoms with Crippen LogP contribution in [0.3, 0.4) is 0 Å². The van der Waals surface area contributed by atoms with Gasteiger partial charge < -0.3 is 15.3 Å². The Hall–Kier alpha value is -1.59. The van der Waals surface area contributed by atoms with Gasteiger partial charge in [0.1, 0.15) is 6.04 Å². The van der Waals surface area contributed by atoms with Crippen molar-refractivity contribution in [3.63, 3.8) is 0 Å². The van der Waals surface area contributed by atoms with E-state index < -0.39 is 12.0 Å². The molecule has 112 valence electrons. The Balaban J connectivity index is 1.92. The third-order valence-corrected chi connectivity index (χ3v) is 4.03. The summed E-state index contributed by atoms with van der Waals surface area (Å²) in [4.78, 5) is 36.8. The predicted octanol–water partition coefficient (Wildman–Crippen LogP) is 0.757. The van der Waals surface area contributed by atoms with Gasteiger partial charge in [-0.1, -0.05) is 6.92 Å². The first-order valence-corrected chi connectivity index (χ1v) is 7.35. The zero-order valence-corrected chi connectivity index (χ0v) is 11.8. The Morgan fingerprint density at radius 1 is 1.30 bits per heavy atom. The van der Waals surface area contributed by atoms with Crippen LogP contribution in [0.4, 0.5) is 0 Å². The van der Waals surface area contributed by atoms with Gasteiger partial charge in [-0.25, -0.2) is 0 Å². The van der Waals surface area contributed by atoms with E-state index in [1.807, 2.05) is 6.92 Å². The zero-order chi connectivity index (χ0) is 14.7. The average Bonchev–Trinajstić information content (AvgIpc) is 3.13. The molecule has 2 rings (SSSR count). The summed E-state index contributed by atoms with van der Waals surface area (Å²) in [5.74, 6) is -0.919. The largest absolute Gasteiger partial charge is 0.481 e. The number of rotatable bonds is 6. The molecule has 1 aliphatic carbocycles. The van der Waals surface area contributed by atoms with Crippen LogP contribution in [0.15, 0.2) is 0 Å². The quantitative estimate of drug-likeness (QED) is 0.753. The number of aliphatic carboxylic acids is 1. The van der Waals surface area contributed by atoms with E-state index in [2.05, 4.69) is 5.32 Å². The van der Waals surface area contributed by atoms with Crippen molar-refractivity contribution in [3.05, 3.63) is 0 Å². The summed E-state index contributed by atoms with van der Waals surface area (Å²) >= 11 is 0. The first kappa shape index (κ1) is 14.8. The molecule has 20 heavy (non-hydrogen) atoms.